The Morgan fingerprint density at radius 3 is 2.40 bits per heavy atom. The van der Waals surface area contributed by atoms with Gasteiger partial charge in [-0.05, 0) is 24.1 Å². The number of aliphatic hydroxyl groups excluding tert-OH is 2. The average molecular weight is 339 g/mol. The van der Waals surface area contributed by atoms with Gasteiger partial charge in [0.1, 0.15) is 5.82 Å². The zero-order valence-electron chi connectivity index (χ0n) is 10.8. The van der Waals surface area contributed by atoms with Gasteiger partial charge in [-0.15, -0.1) is 0 Å². The first-order valence-electron chi connectivity index (χ1n) is 6.39. The molecule has 2 aromatic rings. The first-order valence-corrected chi connectivity index (χ1v) is 7.19. The molecule has 0 aromatic heterocycles. The van der Waals surface area contributed by atoms with Gasteiger partial charge >= 0.3 is 0 Å². The lowest BCUT2D eigenvalue weighted by molar-refractivity contribution is 0.0642. The van der Waals surface area contributed by atoms with Crippen LogP contribution in [0.15, 0.2) is 53.0 Å². The summed E-state index contributed by atoms with van der Waals surface area (Å²) in [4.78, 5) is 0. The Bertz CT molecular complexity index is 560. The molecule has 2 nitrogen and oxygen atoms in total. The Morgan fingerprint density at radius 2 is 1.80 bits per heavy atom. The third-order valence-corrected chi connectivity index (χ3v) is 3.80. The van der Waals surface area contributed by atoms with Gasteiger partial charge in [0.05, 0.1) is 6.10 Å². The standard InChI is InChI=1S/C16H16BrFO2/c17-13-6-7-14(15(18)9-13)16(20)12(10-19)8-11-4-2-1-3-5-11/h1-7,9,12,16,19-20H,8,10H2/t12-,16+/m1/s1. The minimum absolute atomic E-state index is 0.203. The zero-order chi connectivity index (χ0) is 14.5. The van der Waals surface area contributed by atoms with Crippen LogP contribution in [0.25, 0.3) is 0 Å². The lowest BCUT2D eigenvalue weighted by Gasteiger charge is -2.22. The highest BCUT2D eigenvalue weighted by atomic mass is 79.9. The van der Waals surface area contributed by atoms with Crippen LogP contribution in [0.2, 0.25) is 0 Å². The molecule has 4 heteroatoms. The van der Waals surface area contributed by atoms with Crippen LogP contribution in [0.1, 0.15) is 17.2 Å². The molecule has 0 aliphatic carbocycles. The minimum Gasteiger partial charge on any atom is -0.396 e. The van der Waals surface area contributed by atoms with Gasteiger partial charge in [0.2, 0.25) is 0 Å². The van der Waals surface area contributed by atoms with Crippen molar-refractivity contribution < 1.29 is 14.6 Å². The summed E-state index contributed by atoms with van der Waals surface area (Å²) in [5.41, 5.74) is 1.21. The van der Waals surface area contributed by atoms with Crippen molar-refractivity contribution in [2.75, 3.05) is 6.61 Å². The van der Waals surface area contributed by atoms with Crippen molar-refractivity contribution in [2.24, 2.45) is 5.92 Å². The fourth-order valence-corrected chi connectivity index (χ4v) is 2.52. The monoisotopic (exact) mass is 338 g/mol. The summed E-state index contributed by atoms with van der Waals surface area (Å²) in [6.45, 7) is -0.203. The molecule has 0 unspecified atom stereocenters. The van der Waals surface area contributed by atoms with Crippen molar-refractivity contribution in [2.45, 2.75) is 12.5 Å². The molecule has 0 amide bonds. The lowest BCUT2D eigenvalue weighted by atomic mass is 9.90. The molecule has 0 aliphatic heterocycles. The molecule has 0 heterocycles. The van der Waals surface area contributed by atoms with E-state index in [0.29, 0.717) is 10.9 Å². The van der Waals surface area contributed by atoms with Crippen LogP contribution in [0.3, 0.4) is 0 Å². The molecular weight excluding hydrogens is 323 g/mol. The van der Waals surface area contributed by atoms with Crippen molar-refractivity contribution in [3.63, 3.8) is 0 Å². The van der Waals surface area contributed by atoms with E-state index < -0.39 is 17.8 Å². The molecule has 2 aromatic carbocycles. The van der Waals surface area contributed by atoms with Gasteiger partial charge in [0.15, 0.2) is 0 Å². The predicted molar refractivity (Wildman–Crippen MR) is 79.8 cm³/mol. The normalized spacial score (nSPS) is 14.0. The summed E-state index contributed by atoms with van der Waals surface area (Å²) >= 11 is 3.18. The lowest BCUT2D eigenvalue weighted by Crippen LogP contribution is -2.20. The largest absolute Gasteiger partial charge is 0.396 e. The summed E-state index contributed by atoms with van der Waals surface area (Å²) in [7, 11) is 0. The van der Waals surface area contributed by atoms with Gasteiger partial charge in [0.25, 0.3) is 0 Å². The number of hydrogen-bond donors (Lipinski definition) is 2. The summed E-state index contributed by atoms with van der Waals surface area (Å²) in [5, 5.41) is 19.8. The highest BCUT2D eigenvalue weighted by Gasteiger charge is 2.23. The quantitative estimate of drug-likeness (QED) is 0.876. The van der Waals surface area contributed by atoms with E-state index in [0.717, 1.165) is 5.56 Å². The molecule has 0 saturated carbocycles. The fraction of sp³-hybridized carbons (Fsp3) is 0.250. The summed E-state index contributed by atoms with van der Waals surface area (Å²) in [5.74, 6) is -0.911. The molecule has 0 bridgehead atoms. The zero-order valence-corrected chi connectivity index (χ0v) is 12.4. The van der Waals surface area contributed by atoms with Gasteiger partial charge in [0, 0.05) is 22.6 Å². The third-order valence-electron chi connectivity index (χ3n) is 3.30. The molecule has 0 aliphatic rings. The van der Waals surface area contributed by atoms with E-state index in [1.807, 2.05) is 30.3 Å². The molecule has 2 rings (SSSR count). The Kier molecular flexibility index (Phi) is 5.29. The maximum atomic E-state index is 13.9. The van der Waals surface area contributed by atoms with Crippen LogP contribution < -0.4 is 0 Å². The van der Waals surface area contributed by atoms with E-state index in [4.69, 9.17) is 0 Å². The maximum absolute atomic E-state index is 13.9. The Balaban J connectivity index is 2.18. The fourth-order valence-electron chi connectivity index (χ4n) is 2.19. The average Bonchev–Trinajstić information content (AvgIpc) is 2.45. The predicted octanol–water partition coefficient (Wildman–Crippen LogP) is 3.47. The summed E-state index contributed by atoms with van der Waals surface area (Å²) in [6.07, 6.45) is -0.540. The van der Waals surface area contributed by atoms with Crippen LogP contribution in [0, 0.1) is 11.7 Å². The summed E-state index contributed by atoms with van der Waals surface area (Å²) in [6, 6.07) is 14.1. The smallest absolute Gasteiger partial charge is 0.130 e. The highest BCUT2D eigenvalue weighted by Crippen LogP contribution is 2.28. The first kappa shape index (κ1) is 15.2. The Labute approximate surface area is 126 Å². The number of rotatable bonds is 5. The van der Waals surface area contributed by atoms with E-state index in [-0.39, 0.29) is 12.2 Å². The second kappa shape index (κ2) is 6.97. The van der Waals surface area contributed by atoms with Crippen molar-refractivity contribution in [1.82, 2.24) is 0 Å². The van der Waals surface area contributed by atoms with E-state index >= 15 is 0 Å². The van der Waals surface area contributed by atoms with Crippen molar-refractivity contribution in [3.8, 4) is 0 Å². The number of hydrogen-bond acceptors (Lipinski definition) is 2. The molecule has 2 N–H and O–H groups in total. The van der Waals surface area contributed by atoms with Crippen LogP contribution in [0.5, 0.6) is 0 Å². The van der Waals surface area contributed by atoms with E-state index in [9.17, 15) is 14.6 Å². The SMILES string of the molecule is OC[C@@H](Cc1ccccc1)[C@H](O)c1ccc(Br)cc1F. The van der Waals surface area contributed by atoms with Crippen molar-refractivity contribution >= 4 is 15.9 Å². The van der Waals surface area contributed by atoms with E-state index in [1.165, 1.54) is 12.1 Å². The van der Waals surface area contributed by atoms with Gasteiger partial charge in [-0.3, -0.25) is 0 Å². The Morgan fingerprint density at radius 1 is 1.10 bits per heavy atom. The van der Waals surface area contributed by atoms with Crippen LogP contribution >= 0.6 is 15.9 Å². The molecular formula is C16H16BrFO2. The third kappa shape index (κ3) is 3.66. The van der Waals surface area contributed by atoms with Gasteiger partial charge < -0.3 is 10.2 Å². The Hall–Kier alpha value is -1.23. The van der Waals surface area contributed by atoms with Gasteiger partial charge in [-0.25, -0.2) is 4.39 Å². The highest BCUT2D eigenvalue weighted by molar-refractivity contribution is 9.10. The molecule has 0 fully saturated rings. The number of halogens is 2. The second-order valence-electron chi connectivity index (χ2n) is 4.74. The molecule has 20 heavy (non-hydrogen) atoms. The van der Waals surface area contributed by atoms with Crippen LogP contribution in [-0.4, -0.2) is 16.8 Å². The second-order valence-corrected chi connectivity index (χ2v) is 5.66. The minimum atomic E-state index is -1.03. The number of aliphatic hydroxyl groups is 2. The van der Waals surface area contributed by atoms with Crippen LogP contribution in [-0.2, 0) is 6.42 Å². The van der Waals surface area contributed by atoms with Gasteiger partial charge in [-0.1, -0.05) is 52.3 Å². The van der Waals surface area contributed by atoms with Gasteiger partial charge in [-0.2, -0.15) is 0 Å². The molecule has 106 valence electrons. The summed E-state index contributed by atoms with van der Waals surface area (Å²) < 4.78 is 14.5. The number of benzene rings is 2. The topological polar surface area (TPSA) is 40.5 Å². The molecule has 0 spiro atoms. The van der Waals surface area contributed by atoms with Crippen LogP contribution in [0.4, 0.5) is 4.39 Å². The van der Waals surface area contributed by atoms with Crippen molar-refractivity contribution in [1.29, 1.82) is 0 Å². The molecule has 0 saturated heterocycles. The van der Waals surface area contributed by atoms with E-state index in [2.05, 4.69) is 15.9 Å². The van der Waals surface area contributed by atoms with Crippen molar-refractivity contribution in [3.05, 3.63) is 69.9 Å². The molecule has 2 atom stereocenters. The first-order chi connectivity index (χ1) is 9.61. The maximum Gasteiger partial charge on any atom is 0.130 e. The van der Waals surface area contributed by atoms with E-state index in [1.54, 1.807) is 6.07 Å². The molecule has 0 radical (unpaired) electrons.